The number of benzene rings is 3. The maximum absolute atomic E-state index is 13.9. The van der Waals surface area contributed by atoms with Crippen molar-refractivity contribution >= 4 is 11.6 Å². The van der Waals surface area contributed by atoms with Crippen LogP contribution in [-0.2, 0) is 4.79 Å². The number of halogens is 1. The smallest absolute Gasteiger partial charge is 0.262 e. The van der Waals surface area contributed by atoms with Gasteiger partial charge in [0, 0.05) is 11.3 Å². The van der Waals surface area contributed by atoms with Crippen molar-refractivity contribution in [3.05, 3.63) is 84.2 Å². The first-order chi connectivity index (χ1) is 14.6. The van der Waals surface area contributed by atoms with Crippen LogP contribution in [0.5, 0.6) is 5.75 Å². The Kier molecular flexibility index (Phi) is 5.52. The number of rotatable bonds is 6. The Balaban J connectivity index is 1.44. The van der Waals surface area contributed by atoms with Crippen LogP contribution in [-0.4, -0.2) is 22.7 Å². The SMILES string of the molecule is Cc1ccccc1NC(=O)COc1cccc(-c2noc(-c3ccccc3F)n2)c1. The van der Waals surface area contributed by atoms with Crippen molar-refractivity contribution in [3.8, 4) is 28.6 Å². The summed E-state index contributed by atoms with van der Waals surface area (Å²) in [5.74, 6) is 0.153. The summed E-state index contributed by atoms with van der Waals surface area (Å²) in [5, 5.41) is 6.73. The van der Waals surface area contributed by atoms with E-state index in [1.807, 2.05) is 31.2 Å². The maximum atomic E-state index is 13.9. The molecule has 0 unspecified atom stereocenters. The van der Waals surface area contributed by atoms with Gasteiger partial charge in [0.2, 0.25) is 5.82 Å². The summed E-state index contributed by atoms with van der Waals surface area (Å²) in [5.41, 5.74) is 2.57. The van der Waals surface area contributed by atoms with Crippen LogP contribution in [0.4, 0.5) is 10.1 Å². The number of ether oxygens (including phenoxy) is 1. The average Bonchev–Trinajstić information content (AvgIpc) is 3.25. The molecule has 4 rings (SSSR count). The van der Waals surface area contributed by atoms with Gasteiger partial charge in [-0.05, 0) is 42.8 Å². The fourth-order valence-corrected chi connectivity index (χ4v) is 2.86. The Bertz CT molecular complexity index is 1190. The third-order valence-corrected chi connectivity index (χ3v) is 4.41. The van der Waals surface area contributed by atoms with Gasteiger partial charge < -0.3 is 14.6 Å². The van der Waals surface area contributed by atoms with Gasteiger partial charge in [-0.15, -0.1) is 0 Å². The molecule has 1 heterocycles. The third kappa shape index (κ3) is 4.35. The number of anilines is 1. The molecule has 150 valence electrons. The second-order valence-corrected chi connectivity index (χ2v) is 6.58. The number of nitrogens with zero attached hydrogens (tertiary/aromatic N) is 2. The number of nitrogens with one attached hydrogen (secondary N) is 1. The van der Waals surface area contributed by atoms with Crippen LogP contribution in [0.25, 0.3) is 22.8 Å². The van der Waals surface area contributed by atoms with Crippen molar-refractivity contribution in [2.75, 3.05) is 11.9 Å². The minimum absolute atomic E-state index is 0.0898. The maximum Gasteiger partial charge on any atom is 0.262 e. The number of carbonyl (C=O) groups is 1. The molecule has 1 aromatic heterocycles. The van der Waals surface area contributed by atoms with Crippen LogP contribution in [0.15, 0.2) is 77.3 Å². The monoisotopic (exact) mass is 403 g/mol. The first-order valence-electron chi connectivity index (χ1n) is 9.27. The summed E-state index contributed by atoms with van der Waals surface area (Å²) < 4.78 is 24.7. The number of carbonyl (C=O) groups excluding carboxylic acids is 1. The second kappa shape index (κ2) is 8.57. The molecule has 1 N–H and O–H groups in total. The minimum atomic E-state index is -0.440. The molecule has 0 spiro atoms. The molecule has 7 heteroatoms. The minimum Gasteiger partial charge on any atom is -0.484 e. The molecule has 0 fully saturated rings. The zero-order valence-electron chi connectivity index (χ0n) is 16.1. The van der Waals surface area contributed by atoms with E-state index in [0.29, 0.717) is 17.1 Å². The number of aromatic nitrogens is 2. The lowest BCUT2D eigenvalue weighted by atomic mass is 10.2. The highest BCUT2D eigenvalue weighted by molar-refractivity contribution is 5.92. The first-order valence-corrected chi connectivity index (χ1v) is 9.27. The van der Waals surface area contributed by atoms with Crippen LogP contribution in [0, 0.1) is 12.7 Å². The summed E-state index contributed by atoms with van der Waals surface area (Å²) >= 11 is 0. The van der Waals surface area contributed by atoms with Crippen molar-refractivity contribution in [1.29, 1.82) is 0 Å². The Morgan fingerprint density at radius 3 is 2.70 bits per heavy atom. The molecule has 4 aromatic rings. The molecule has 0 aliphatic heterocycles. The first kappa shape index (κ1) is 19.3. The summed E-state index contributed by atoms with van der Waals surface area (Å²) in [6.07, 6.45) is 0. The van der Waals surface area contributed by atoms with E-state index in [9.17, 15) is 9.18 Å². The fourth-order valence-electron chi connectivity index (χ4n) is 2.86. The lowest BCUT2D eigenvalue weighted by Crippen LogP contribution is -2.20. The molecule has 0 atom stereocenters. The van der Waals surface area contributed by atoms with E-state index in [2.05, 4.69) is 15.5 Å². The molecule has 1 amide bonds. The van der Waals surface area contributed by atoms with Crippen LogP contribution < -0.4 is 10.1 Å². The number of amides is 1. The lowest BCUT2D eigenvalue weighted by molar-refractivity contribution is -0.118. The highest BCUT2D eigenvalue weighted by atomic mass is 19.1. The normalized spacial score (nSPS) is 10.6. The molecule has 6 nitrogen and oxygen atoms in total. The molecule has 0 saturated carbocycles. The quantitative estimate of drug-likeness (QED) is 0.497. The predicted molar refractivity (Wildman–Crippen MR) is 110 cm³/mol. The van der Waals surface area contributed by atoms with E-state index in [0.717, 1.165) is 11.3 Å². The van der Waals surface area contributed by atoms with Crippen LogP contribution >= 0.6 is 0 Å². The van der Waals surface area contributed by atoms with E-state index in [1.165, 1.54) is 6.07 Å². The molecule has 3 aromatic carbocycles. The Morgan fingerprint density at radius 1 is 1.07 bits per heavy atom. The van der Waals surface area contributed by atoms with Gasteiger partial charge in [0.15, 0.2) is 6.61 Å². The molecule has 0 saturated heterocycles. The fraction of sp³-hybridized carbons (Fsp3) is 0.0870. The van der Waals surface area contributed by atoms with Gasteiger partial charge >= 0.3 is 0 Å². The molecule has 0 aliphatic rings. The standard InChI is InChI=1S/C23H18FN3O3/c1-15-7-2-5-12-20(15)25-21(28)14-29-17-9-6-8-16(13-17)22-26-23(30-27-22)18-10-3-4-11-19(18)24/h2-13H,14H2,1H3,(H,25,28). The number of aryl methyl sites for hydroxylation is 1. The van der Waals surface area contributed by atoms with Crippen molar-refractivity contribution in [2.45, 2.75) is 6.92 Å². The van der Waals surface area contributed by atoms with E-state index < -0.39 is 5.82 Å². The van der Waals surface area contributed by atoms with Gasteiger partial charge in [-0.1, -0.05) is 47.6 Å². The van der Waals surface area contributed by atoms with E-state index in [4.69, 9.17) is 9.26 Å². The molecule has 0 bridgehead atoms. The molecular weight excluding hydrogens is 385 g/mol. The van der Waals surface area contributed by atoms with Crippen molar-refractivity contribution in [3.63, 3.8) is 0 Å². The van der Waals surface area contributed by atoms with Crippen molar-refractivity contribution < 1.29 is 18.4 Å². The predicted octanol–water partition coefficient (Wildman–Crippen LogP) is 4.87. The summed E-state index contributed by atoms with van der Waals surface area (Å²) in [6, 6.07) is 20.6. The Hall–Kier alpha value is -4.00. The highest BCUT2D eigenvalue weighted by Gasteiger charge is 2.14. The summed E-state index contributed by atoms with van der Waals surface area (Å²) in [6.45, 7) is 1.77. The van der Waals surface area contributed by atoms with Gasteiger partial charge in [0.25, 0.3) is 11.8 Å². The topological polar surface area (TPSA) is 77.2 Å². The zero-order chi connectivity index (χ0) is 20.9. The van der Waals surface area contributed by atoms with E-state index in [-0.39, 0.29) is 24.0 Å². The molecular formula is C23H18FN3O3. The highest BCUT2D eigenvalue weighted by Crippen LogP contribution is 2.26. The Labute approximate surface area is 172 Å². The largest absolute Gasteiger partial charge is 0.484 e. The average molecular weight is 403 g/mol. The van der Waals surface area contributed by atoms with Gasteiger partial charge in [-0.25, -0.2) is 4.39 Å². The van der Waals surface area contributed by atoms with Crippen LogP contribution in [0.3, 0.4) is 0 Å². The summed E-state index contributed by atoms with van der Waals surface area (Å²) in [4.78, 5) is 16.4. The van der Waals surface area contributed by atoms with Gasteiger partial charge in [0.05, 0.1) is 5.56 Å². The lowest BCUT2D eigenvalue weighted by Gasteiger charge is -2.09. The van der Waals surface area contributed by atoms with Crippen molar-refractivity contribution in [2.24, 2.45) is 0 Å². The van der Waals surface area contributed by atoms with Crippen molar-refractivity contribution in [1.82, 2.24) is 10.1 Å². The van der Waals surface area contributed by atoms with E-state index >= 15 is 0 Å². The van der Waals surface area contributed by atoms with Gasteiger partial charge in [-0.3, -0.25) is 4.79 Å². The number of para-hydroxylation sites is 1. The third-order valence-electron chi connectivity index (χ3n) is 4.41. The zero-order valence-corrected chi connectivity index (χ0v) is 16.1. The summed E-state index contributed by atoms with van der Waals surface area (Å²) in [7, 11) is 0. The molecule has 0 radical (unpaired) electrons. The van der Waals surface area contributed by atoms with Gasteiger partial charge in [0.1, 0.15) is 11.6 Å². The Morgan fingerprint density at radius 2 is 1.87 bits per heavy atom. The van der Waals surface area contributed by atoms with Gasteiger partial charge in [-0.2, -0.15) is 4.98 Å². The number of hydrogen-bond donors (Lipinski definition) is 1. The molecule has 30 heavy (non-hydrogen) atoms. The molecule has 0 aliphatic carbocycles. The second-order valence-electron chi connectivity index (χ2n) is 6.58. The number of hydrogen-bond acceptors (Lipinski definition) is 5. The van der Waals surface area contributed by atoms with Crippen LogP contribution in [0.2, 0.25) is 0 Å². The van der Waals surface area contributed by atoms with E-state index in [1.54, 1.807) is 42.5 Å². The van der Waals surface area contributed by atoms with Crippen LogP contribution in [0.1, 0.15) is 5.56 Å².